The molecule has 5 heterocycles. The van der Waals surface area contributed by atoms with Crippen LogP contribution in [0.3, 0.4) is 0 Å². The predicted octanol–water partition coefficient (Wildman–Crippen LogP) is -6.45. The van der Waals surface area contributed by atoms with Crippen molar-refractivity contribution in [1.82, 2.24) is 25.0 Å². The topological polar surface area (TPSA) is 170 Å². The Morgan fingerprint density at radius 3 is 2.39 bits per heavy atom. The number of β-lactam (4-membered cyclic amide) rings is 1. The van der Waals surface area contributed by atoms with Crippen molar-refractivity contribution in [1.29, 1.82) is 0 Å². The average Bonchev–Trinajstić information content (AvgIpc) is 3.80. The van der Waals surface area contributed by atoms with Crippen LogP contribution in [0.1, 0.15) is 34.1 Å². The summed E-state index contributed by atoms with van der Waals surface area (Å²) in [5.74, 6) is -4.27. The van der Waals surface area contributed by atoms with E-state index in [0.29, 0.717) is 48.1 Å². The molecule has 13 nitrogen and oxygen atoms in total. The molecule has 256 valence electrons. The zero-order chi connectivity index (χ0) is 34.6. The Morgan fingerprint density at radius 2 is 1.76 bits per heavy atom. The number of carboxylic acids is 2. The Hall–Kier alpha value is -2.48. The summed E-state index contributed by atoms with van der Waals surface area (Å²) in [6, 6.07) is 5.55. The number of carbonyl (C=O) groups excluding carboxylic acids is 4. The molecule has 1 saturated carbocycles. The van der Waals surface area contributed by atoms with Crippen molar-refractivity contribution in [3.63, 3.8) is 0 Å². The van der Waals surface area contributed by atoms with E-state index in [-0.39, 0.29) is 101 Å². The van der Waals surface area contributed by atoms with E-state index in [9.17, 15) is 34.2 Å². The molecule has 19 heteroatoms. The average molecular weight is 771 g/mol. The number of hydrogen-bond donors (Lipinski definition) is 2. The molecule has 1 aromatic carbocycles. The van der Waals surface area contributed by atoms with Gasteiger partial charge >= 0.3 is 59.1 Å². The minimum absolute atomic E-state index is 0. The van der Waals surface area contributed by atoms with Gasteiger partial charge in [0.15, 0.2) is 10.5 Å². The molecule has 3 aromatic rings. The molecule has 2 N–H and O–H groups in total. The summed E-state index contributed by atoms with van der Waals surface area (Å²) < 4.78 is 17.1. The summed E-state index contributed by atoms with van der Waals surface area (Å²) in [6.45, 7) is 1.68. The van der Waals surface area contributed by atoms with Gasteiger partial charge in [-0.3, -0.25) is 19.3 Å². The number of amides is 2. The number of hydrogen-bond acceptors (Lipinski definition) is 11. The number of carbonyl (C=O) groups is 4. The quantitative estimate of drug-likeness (QED) is 0.120. The number of nitrogens with zero attached hydrogens (tertiary/aromatic N) is 4. The summed E-state index contributed by atoms with van der Waals surface area (Å²) in [5.41, 5.74) is -0.312. The van der Waals surface area contributed by atoms with Crippen molar-refractivity contribution in [3.8, 4) is 0 Å². The number of aromatic carboxylic acids is 1. The molecule has 0 spiro atoms. The molecule has 0 radical (unpaired) electrons. The van der Waals surface area contributed by atoms with Gasteiger partial charge in [0.2, 0.25) is 5.91 Å². The number of thioether (sulfide) groups is 1. The van der Waals surface area contributed by atoms with Crippen LogP contribution >= 0.6 is 35.3 Å². The van der Waals surface area contributed by atoms with Crippen LogP contribution in [-0.2, 0) is 20.8 Å². The first-order valence-electron chi connectivity index (χ1n) is 15.6. The van der Waals surface area contributed by atoms with E-state index in [1.54, 1.807) is 10.6 Å². The number of rotatable bonds is 9. The van der Waals surface area contributed by atoms with Crippen molar-refractivity contribution in [2.24, 2.45) is 0 Å². The smallest absolute Gasteiger partial charge is 0.545 e. The second kappa shape index (κ2) is 16.3. The molecular weight excluding hydrogens is 742 g/mol. The van der Waals surface area contributed by atoms with Gasteiger partial charge in [0, 0.05) is 61.0 Å². The Kier molecular flexibility index (Phi) is 12.7. The Balaban J connectivity index is 0.00000252. The minimum Gasteiger partial charge on any atom is -0.545 e. The number of pyridine rings is 1. The zero-order valence-corrected chi connectivity index (χ0v) is 34.3. The number of nitrogens with one attached hydrogen (secondary N) is 2. The molecule has 51 heavy (non-hydrogen) atoms. The van der Waals surface area contributed by atoms with Crippen LogP contribution in [0.2, 0.25) is 0 Å². The Labute approximate surface area is 349 Å². The van der Waals surface area contributed by atoms with Crippen molar-refractivity contribution >= 4 is 80.8 Å². The molecule has 2 amide bonds. The third-order valence-electron chi connectivity index (χ3n) is 9.09. The largest absolute Gasteiger partial charge is 1.00 e. The summed E-state index contributed by atoms with van der Waals surface area (Å²) in [5, 5.41) is 31.2. The number of piperazine rings is 1. The van der Waals surface area contributed by atoms with Crippen LogP contribution in [0.15, 0.2) is 51.9 Å². The van der Waals surface area contributed by atoms with Crippen LogP contribution in [0.4, 0.5) is 10.1 Å². The second-order valence-electron chi connectivity index (χ2n) is 12.2. The van der Waals surface area contributed by atoms with Gasteiger partial charge in [-0.15, -0.1) is 23.1 Å². The van der Waals surface area contributed by atoms with Gasteiger partial charge in [0.25, 0.3) is 5.91 Å². The first kappa shape index (κ1) is 39.7. The molecule has 4 aliphatic rings. The maximum absolute atomic E-state index is 15.4. The van der Waals surface area contributed by atoms with E-state index in [4.69, 9.17) is 12.2 Å². The summed E-state index contributed by atoms with van der Waals surface area (Å²) in [4.78, 5) is 67.7. The monoisotopic (exact) mass is 770 g/mol. The second-order valence-corrected chi connectivity index (χ2v) is 14.7. The van der Waals surface area contributed by atoms with Gasteiger partial charge in [-0.05, 0) is 54.2 Å². The maximum atomic E-state index is 15.4. The molecule has 3 fully saturated rings. The number of halogens is 1. The van der Waals surface area contributed by atoms with Gasteiger partial charge < -0.3 is 44.8 Å². The molecule has 2 aromatic heterocycles. The first-order valence-corrected chi connectivity index (χ1v) is 17.9. The Bertz CT molecular complexity index is 2000. The van der Waals surface area contributed by atoms with Crippen molar-refractivity contribution < 1.29 is 92.9 Å². The first-order chi connectivity index (χ1) is 23.5. The number of thiocarbonyl (C=S) groups is 1. The molecule has 2 atom stereocenters. The number of aliphatic carboxylic acids is 1. The van der Waals surface area contributed by atoms with Gasteiger partial charge in [0.05, 0.1) is 40.8 Å². The van der Waals surface area contributed by atoms with E-state index in [2.05, 4.69) is 10.6 Å². The van der Waals surface area contributed by atoms with Gasteiger partial charge in [-0.2, -0.15) is 0 Å². The molecule has 2 unspecified atom stereocenters. The molecule has 1 aliphatic carbocycles. The normalized spacial score (nSPS) is 19.8. The van der Waals surface area contributed by atoms with Crippen molar-refractivity contribution in [2.75, 3.05) is 43.4 Å². The summed E-state index contributed by atoms with van der Waals surface area (Å²) in [6.07, 6.45) is 3.07. The molecule has 2 saturated heterocycles. The molecule has 0 bridgehead atoms. The fourth-order valence-corrected chi connectivity index (χ4v) is 8.75. The Morgan fingerprint density at radius 1 is 1.04 bits per heavy atom. The SMILES string of the molecule is O=C(Cc1cccs1)NC1C(=O)N2C(C(=O)[O-])=C(CNC(=S)N3CCN(c4cc5c(cc4F)c(=O)c(C(=O)[O-])cn5C4CC4)CC3)CSC12.[Na+].[Na+]. The molecule has 3 aliphatic heterocycles. The number of fused-ring (bicyclic) bond motifs is 2. The third kappa shape index (κ3) is 7.92. The summed E-state index contributed by atoms with van der Waals surface area (Å²) >= 11 is 8.39. The fourth-order valence-electron chi connectivity index (χ4n) is 6.45. The number of benzene rings is 1. The van der Waals surface area contributed by atoms with Gasteiger partial charge in [-0.1, -0.05) is 6.07 Å². The number of aromatic nitrogens is 1. The van der Waals surface area contributed by atoms with E-state index >= 15 is 4.39 Å². The van der Waals surface area contributed by atoms with E-state index in [0.717, 1.165) is 23.8 Å². The van der Waals surface area contributed by atoms with Gasteiger partial charge in [-0.25, -0.2) is 4.39 Å². The van der Waals surface area contributed by atoms with E-state index in [1.165, 1.54) is 34.2 Å². The van der Waals surface area contributed by atoms with Crippen LogP contribution in [0.5, 0.6) is 0 Å². The molecular formula is C32H29FN6Na2O7S3. The van der Waals surface area contributed by atoms with Crippen molar-refractivity contribution in [3.05, 3.63) is 73.6 Å². The number of thiophene rings is 1. The molecule has 7 rings (SSSR count). The summed E-state index contributed by atoms with van der Waals surface area (Å²) in [7, 11) is 0. The maximum Gasteiger partial charge on any atom is 1.00 e. The number of anilines is 1. The van der Waals surface area contributed by atoms with Crippen LogP contribution in [0, 0.1) is 5.82 Å². The van der Waals surface area contributed by atoms with Crippen LogP contribution in [0.25, 0.3) is 10.9 Å². The predicted molar refractivity (Wildman–Crippen MR) is 180 cm³/mol. The fraction of sp³-hybridized carbons (Fsp3) is 0.375. The van der Waals surface area contributed by atoms with E-state index in [1.807, 2.05) is 27.3 Å². The minimum atomic E-state index is -1.60. The van der Waals surface area contributed by atoms with Crippen molar-refractivity contribution in [2.45, 2.75) is 36.7 Å². The standard InChI is InChI=1S/C32H31FN6O7S3.2Na/c33-21-11-19-22(38(17-3-4-17)14-20(27(19)41)30(43)44)12-23(21)36-5-7-37(8-6-36)32(47)34-13-16-15-49-29-25(28(42)39(29)26(16)31(45)46)35-24(40)10-18-2-1-9-48-18;;/h1-2,9,11-12,14,17,25,29H,3-8,10,13,15H2,(H,34,47)(H,35,40)(H,43,44)(H,45,46);;/q;2*+1/p-2. The van der Waals surface area contributed by atoms with Crippen LogP contribution in [-0.4, -0.2) is 93.1 Å². The number of carboxylic acid groups (broad SMARTS) is 2. The van der Waals surface area contributed by atoms with Crippen LogP contribution < -0.4 is 90.3 Å². The van der Waals surface area contributed by atoms with E-state index < -0.39 is 46.1 Å². The zero-order valence-electron chi connectivity index (χ0n) is 27.8. The van der Waals surface area contributed by atoms with Gasteiger partial charge in [0.1, 0.15) is 17.2 Å². The third-order valence-corrected chi connectivity index (χ3v) is 11.7.